The van der Waals surface area contributed by atoms with Crippen molar-refractivity contribution < 1.29 is 14.6 Å². The molecule has 1 aromatic rings. The summed E-state index contributed by atoms with van der Waals surface area (Å²) in [6, 6.07) is 7.73. The Hall–Kier alpha value is -1.55. The molecule has 0 spiro atoms. The molecule has 4 heteroatoms. The van der Waals surface area contributed by atoms with Crippen LogP contribution in [0.4, 0.5) is 0 Å². The quantitative estimate of drug-likeness (QED) is 0.791. The molecule has 1 aliphatic carbocycles. The van der Waals surface area contributed by atoms with E-state index in [-0.39, 0.29) is 11.9 Å². The van der Waals surface area contributed by atoms with E-state index in [1.54, 1.807) is 12.1 Å². The Morgan fingerprint density at radius 2 is 2.10 bits per heavy atom. The molecule has 0 saturated heterocycles. The molecule has 1 saturated carbocycles. The maximum atomic E-state index is 11.8. The highest BCUT2D eigenvalue weighted by molar-refractivity contribution is 5.72. The maximum Gasteiger partial charge on any atom is 0.308 e. The fourth-order valence-corrected chi connectivity index (χ4v) is 2.93. The Labute approximate surface area is 126 Å². The summed E-state index contributed by atoms with van der Waals surface area (Å²) in [7, 11) is 0. The smallest absolute Gasteiger partial charge is 0.308 e. The van der Waals surface area contributed by atoms with Crippen LogP contribution in [0.5, 0.6) is 5.75 Å². The van der Waals surface area contributed by atoms with E-state index in [1.807, 2.05) is 19.1 Å². The molecule has 21 heavy (non-hydrogen) atoms. The second kappa shape index (κ2) is 8.03. The van der Waals surface area contributed by atoms with Crippen molar-refractivity contribution in [2.45, 2.75) is 45.1 Å². The monoisotopic (exact) mass is 291 g/mol. The van der Waals surface area contributed by atoms with E-state index < -0.39 is 0 Å². The molecule has 1 aromatic carbocycles. The number of rotatable bonds is 6. The predicted octanol–water partition coefficient (Wildman–Crippen LogP) is 2.65. The van der Waals surface area contributed by atoms with Gasteiger partial charge in [0.05, 0.1) is 12.5 Å². The molecule has 0 amide bonds. The fourth-order valence-electron chi connectivity index (χ4n) is 2.93. The van der Waals surface area contributed by atoms with E-state index in [1.165, 1.54) is 5.56 Å². The number of ether oxygens (including phenoxy) is 1. The number of carbonyl (C=O) groups is 1. The third-order valence-electron chi connectivity index (χ3n) is 4.08. The van der Waals surface area contributed by atoms with Gasteiger partial charge in [0.1, 0.15) is 5.75 Å². The number of nitrogens with one attached hydrogen (secondary N) is 1. The van der Waals surface area contributed by atoms with E-state index in [0.717, 1.165) is 38.6 Å². The highest BCUT2D eigenvalue weighted by atomic mass is 16.5. The predicted molar refractivity (Wildman–Crippen MR) is 82.2 cm³/mol. The van der Waals surface area contributed by atoms with Crippen molar-refractivity contribution in [2.24, 2.45) is 5.92 Å². The van der Waals surface area contributed by atoms with Crippen LogP contribution in [0.3, 0.4) is 0 Å². The first-order valence-corrected chi connectivity index (χ1v) is 7.87. The van der Waals surface area contributed by atoms with Crippen molar-refractivity contribution in [3.8, 4) is 5.75 Å². The zero-order valence-corrected chi connectivity index (χ0v) is 12.7. The van der Waals surface area contributed by atoms with Gasteiger partial charge in [0.25, 0.3) is 0 Å². The summed E-state index contributed by atoms with van der Waals surface area (Å²) < 4.78 is 5.12. The molecule has 0 bridgehead atoms. The molecule has 0 radical (unpaired) electrons. The Morgan fingerprint density at radius 3 is 2.81 bits per heavy atom. The van der Waals surface area contributed by atoms with Crippen molar-refractivity contribution >= 4 is 5.97 Å². The highest BCUT2D eigenvalue weighted by Crippen LogP contribution is 2.25. The number of carbonyl (C=O) groups excluding carboxylic acids is 1. The number of benzene rings is 1. The molecule has 4 nitrogen and oxygen atoms in total. The molecule has 116 valence electrons. The van der Waals surface area contributed by atoms with Gasteiger partial charge < -0.3 is 15.2 Å². The van der Waals surface area contributed by atoms with Crippen LogP contribution in [-0.2, 0) is 16.0 Å². The standard InChI is InChI=1S/C17H25NO3/c1-2-21-17(20)14-4-3-5-15(12-14)18-11-10-13-6-8-16(19)9-7-13/h6-9,14-15,18-19H,2-5,10-12H2,1H3. The average Bonchev–Trinajstić information content (AvgIpc) is 2.50. The Kier molecular flexibility index (Phi) is 6.05. The largest absolute Gasteiger partial charge is 0.508 e. The van der Waals surface area contributed by atoms with Crippen LogP contribution in [0, 0.1) is 5.92 Å². The molecule has 1 fully saturated rings. The maximum absolute atomic E-state index is 11.8. The summed E-state index contributed by atoms with van der Waals surface area (Å²) in [5, 5.41) is 12.8. The van der Waals surface area contributed by atoms with Gasteiger partial charge in [-0.15, -0.1) is 0 Å². The topological polar surface area (TPSA) is 58.6 Å². The Bertz CT molecular complexity index is 444. The molecule has 2 unspecified atom stereocenters. The molecule has 0 aromatic heterocycles. The van der Waals surface area contributed by atoms with Gasteiger partial charge in [-0.1, -0.05) is 18.6 Å². The van der Waals surface area contributed by atoms with Crippen LogP contribution in [0.15, 0.2) is 24.3 Å². The normalized spacial score (nSPS) is 22.0. The van der Waals surface area contributed by atoms with Gasteiger partial charge in [0, 0.05) is 6.04 Å². The molecule has 1 aliphatic rings. The zero-order chi connectivity index (χ0) is 15.1. The van der Waals surface area contributed by atoms with Gasteiger partial charge in [0.15, 0.2) is 0 Å². The third kappa shape index (κ3) is 5.05. The van der Waals surface area contributed by atoms with Gasteiger partial charge in [-0.05, 0) is 56.8 Å². The van der Waals surface area contributed by atoms with E-state index in [2.05, 4.69) is 5.32 Å². The fraction of sp³-hybridized carbons (Fsp3) is 0.588. The van der Waals surface area contributed by atoms with Crippen LogP contribution < -0.4 is 5.32 Å². The number of aromatic hydroxyl groups is 1. The Morgan fingerprint density at radius 1 is 1.33 bits per heavy atom. The minimum Gasteiger partial charge on any atom is -0.508 e. The Balaban J connectivity index is 1.72. The van der Waals surface area contributed by atoms with Gasteiger partial charge in [0.2, 0.25) is 0 Å². The molecule has 0 heterocycles. The first-order chi connectivity index (χ1) is 10.2. The summed E-state index contributed by atoms with van der Waals surface area (Å²) >= 11 is 0. The van der Waals surface area contributed by atoms with E-state index in [0.29, 0.717) is 18.4 Å². The van der Waals surface area contributed by atoms with Crippen molar-refractivity contribution in [1.29, 1.82) is 0 Å². The van der Waals surface area contributed by atoms with Gasteiger partial charge in [-0.2, -0.15) is 0 Å². The first-order valence-electron chi connectivity index (χ1n) is 7.87. The van der Waals surface area contributed by atoms with E-state index in [4.69, 9.17) is 4.74 Å². The lowest BCUT2D eigenvalue weighted by Gasteiger charge is -2.28. The molecule has 2 N–H and O–H groups in total. The van der Waals surface area contributed by atoms with Crippen LogP contribution >= 0.6 is 0 Å². The van der Waals surface area contributed by atoms with Gasteiger partial charge in [-0.3, -0.25) is 4.79 Å². The lowest BCUT2D eigenvalue weighted by atomic mass is 9.85. The summed E-state index contributed by atoms with van der Waals surface area (Å²) in [6.07, 6.45) is 4.98. The molecular formula is C17H25NO3. The van der Waals surface area contributed by atoms with Crippen LogP contribution in [-0.4, -0.2) is 30.3 Å². The number of esters is 1. The van der Waals surface area contributed by atoms with E-state index in [9.17, 15) is 9.90 Å². The van der Waals surface area contributed by atoms with Crippen LogP contribution in [0.25, 0.3) is 0 Å². The summed E-state index contributed by atoms with van der Waals surface area (Å²) in [6.45, 7) is 3.22. The minimum absolute atomic E-state index is 0.0393. The molecule has 0 aliphatic heterocycles. The lowest BCUT2D eigenvalue weighted by Crippen LogP contribution is -2.37. The second-order valence-electron chi connectivity index (χ2n) is 5.68. The zero-order valence-electron chi connectivity index (χ0n) is 12.7. The van der Waals surface area contributed by atoms with E-state index >= 15 is 0 Å². The van der Waals surface area contributed by atoms with Gasteiger partial charge in [-0.25, -0.2) is 0 Å². The second-order valence-corrected chi connectivity index (χ2v) is 5.68. The lowest BCUT2D eigenvalue weighted by molar-refractivity contribution is -0.149. The first kappa shape index (κ1) is 15.8. The van der Waals surface area contributed by atoms with Crippen LogP contribution in [0.1, 0.15) is 38.2 Å². The highest BCUT2D eigenvalue weighted by Gasteiger charge is 2.27. The number of hydrogen-bond acceptors (Lipinski definition) is 4. The molecular weight excluding hydrogens is 266 g/mol. The SMILES string of the molecule is CCOC(=O)C1CCCC(NCCc2ccc(O)cc2)C1. The summed E-state index contributed by atoms with van der Waals surface area (Å²) in [4.78, 5) is 11.8. The molecule has 2 rings (SSSR count). The van der Waals surface area contributed by atoms with Crippen LogP contribution in [0.2, 0.25) is 0 Å². The van der Waals surface area contributed by atoms with Crippen molar-refractivity contribution in [3.63, 3.8) is 0 Å². The number of phenols is 1. The number of hydrogen-bond donors (Lipinski definition) is 2. The van der Waals surface area contributed by atoms with Crippen molar-refractivity contribution in [3.05, 3.63) is 29.8 Å². The van der Waals surface area contributed by atoms with Gasteiger partial charge >= 0.3 is 5.97 Å². The van der Waals surface area contributed by atoms with Crippen molar-refractivity contribution in [1.82, 2.24) is 5.32 Å². The summed E-state index contributed by atoms with van der Waals surface area (Å²) in [5.41, 5.74) is 1.21. The average molecular weight is 291 g/mol. The third-order valence-corrected chi connectivity index (χ3v) is 4.08. The summed E-state index contributed by atoms with van der Waals surface area (Å²) in [5.74, 6) is 0.323. The molecule has 2 atom stereocenters. The number of phenolic OH excluding ortho intramolecular Hbond substituents is 1. The van der Waals surface area contributed by atoms with Crippen molar-refractivity contribution in [2.75, 3.05) is 13.2 Å². The minimum atomic E-state index is -0.0393.